The van der Waals surface area contributed by atoms with Gasteiger partial charge in [-0.15, -0.1) is 11.6 Å². The number of aryl methyl sites for hydroxylation is 1. The fourth-order valence-electron chi connectivity index (χ4n) is 3.47. The Kier molecular flexibility index (Phi) is 3.27. The van der Waals surface area contributed by atoms with Crippen molar-refractivity contribution in [3.63, 3.8) is 0 Å². The van der Waals surface area contributed by atoms with Crippen molar-refractivity contribution < 1.29 is 4.79 Å². The van der Waals surface area contributed by atoms with Crippen LogP contribution in [0.25, 0.3) is 0 Å². The first-order valence-electron chi connectivity index (χ1n) is 6.79. The molecule has 0 radical (unpaired) electrons. The SMILES string of the molecule is Cc1ccc2c(c1)[C@H]1CN(C)CC[C@@H]1N2C(=O)CCl. The van der Waals surface area contributed by atoms with Gasteiger partial charge in [-0.2, -0.15) is 0 Å². The summed E-state index contributed by atoms with van der Waals surface area (Å²) >= 11 is 5.79. The molecule has 19 heavy (non-hydrogen) atoms. The van der Waals surface area contributed by atoms with Crippen molar-refractivity contribution in [2.24, 2.45) is 0 Å². The first-order valence-corrected chi connectivity index (χ1v) is 7.32. The van der Waals surface area contributed by atoms with E-state index in [4.69, 9.17) is 11.6 Å². The van der Waals surface area contributed by atoms with Gasteiger partial charge in [0.2, 0.25) is 5.91 Å². The van der Waals surface area contributed by atoms with Gasteiger partial charge in [-0.05, 0) is 38.6 Å². The van der Waals surface area contributed by atoms with Crippen LogP contribution in [0.2, 0.25) is 0 Å². The molecule has 1 aromatic carbocycles. The molecule has 102 valence electrons. The Bertz CT molecular complexity index is 517. The Labute approximate surface area is 119 Å². The molecule has 2 atom stereocenters. The van der Waals surface area contributed by atoms with Crippen molar-refractivity contribution in [3.05, 3.63) is 29.3 Å². The van der Waals surface area contributed by atoms with Crippen LogP contribution in [-0.4, -0.2) is 42.9 Å². The van der Waals surface area contributed by atoms with Gasteiger partial charge in [0.1, 0.15) is 5.88 Å². The third kappa shape index (κ3) is 2.05. The number of nitrogens with zero attached hydrogens (tertiary/aromatic N) is 2. The normalized spacial score (nSPS) is 26.2. The molecule has 3 rings (SSSR count). The van der Waals surface area contributed by atoms with Crippen LogP contribution in [0.15, 0.2) is 18.2 Å². The largest absolute Gasteiger partial charge is 0.307 e. The van der Waals surface area contributed by atoms with Crippen LogP contribution in [0.1, 0.15) is 23.5 Å². The minimum absolute atomic E-state index is 0.0313. The summed E-state index contributed by atoms with van der Waals surface area (Å²) < 4.78 is 0. The molecule has 0 bridgehead atoms. The minimum atomic E-state index is 0.0313. The van der Waals surface area contributed by atoms with Crippen LogP contribution >= 0.6 is 11.6 Å². The summed E-state index contributed by atoms with van der Waals surface area (Å²) in [5.74, 6) is 0.525. The number of halogens is 1. The molecule has 2 heterocycles. The first-order chi connectivity index (χ1) is 9.11. The second-order valence-electron chi connectivity index (χ2n) is 5.68. The van der Waals surface area contributed by atoms with E-state index in [1.807, 2.05) is 4.90 Å². The summed E-state index contributed by atoms with van der Waals surface area (Å²) in [5, 5.41) is 0. The summed E-state index contributed by atoms with van der Waals surface area (Å²) in [6, 6.07) is 6.68. The number of anilines is 1. The fraction of sp³-hybridized carbons (Fsp3) is 0.533. The van der Waals surface area contributed by atoms with Crippen molar-refractivity contribution in [2.75, 3.05) is 30.9 Å². The highest BCUT2D eigenvalue weighted by molar-refractivity contribution is 6.29. The number of piperidine rings is 1. The second-order valence-corrected chi connectivity index (χ2v) is 5.95. The van der Waals surface area contributed by atoms with E-state index in [0.29, 0.717) is 12.0 Å². The molecule has 0 N–H and O–H groups in total. The summed E-state index contributed by atoms with van der Waals surface area (Å²) in [6.07, 6.45) is 1.03. The lowest BCUT2D eigenvalue weighted by molar-refractivity contribution is -0.116. The zero-order chi connectivity index (χ0) is 13.6. The van der Waals surface area contributed by atoms with E-state index in [1.54, 1.807) is 0 Å². The molecule has 0 aromatic heterocycles. The average molecular weight is 279 g/mol. The van der Waals surface area contributed by atoms with Crippen LogP contribution in [0.3, 0.4) is 0 Å². The summed E-state index contributed by atoms with van der Waals surface area (Å²) in [7, 11) is 2.15. The third-order valence-electron chi connectivity index (χ3n) is 4.34. The van der Waals surface area contributed by atoms with E-state index in [9.17, 15) is 4.79 Å². The Morgan fingerprint density at radius 2 is 2.26 bits per heavy atom. The second kappa shape index (κ2) is 4.80. The van der Waals surface area contributed by atoms with Crippen molar-refractivity contribution in [1.29, 1.82) is 0 Å². The number of fused-ring (bicyclic) bond motifs is 3. The zero-order valence-corrected chi connectivity index (χ0v) is 12.2. The molecule has 4 heteroatoms. The van der Waals surface area contributed by atoms with Crippen molar-refractivity contribution >= 4 is 23.2 Å². The first kappa shape index (κ1) is 12.9. The van der Waals surface area contributed by atoms with Gasteiger partial charge in [0, 0.05) is 24.2 Å². The lowest BCUT2D eigenvalue weighted by atomic mass is 9.89. The van der Waals surface area contributed by atoms with Gasteiger partial charge in [-0.25, -0.2) is 0 Å². The third-order valence-corrected chi connectivity index (χ3v) is 4.56. The maximum absolute atomic E-state index is 12.2. The summed E-state index contributed by atoms with van der Waals surface area (Å²) in [4.78, 5) is 16.5. The predicted octanol–water partition coefficient (Wildman–Crippen LogP) is 2.37. The molecule has 0 aliphatic carbocycles. The average Bonchev–Trinajstić information content (AvgIpc) is 2.71. The van der Waals surface area contributed by atoms with Gasteiger partial charge in [-0.3, -0.25) is 4.79 Å². The van der Waals surface area contributed by atoms with E-state index in [2.05, 4.69) is 37.1 Å². The number of likely N-dealkylation sites (N-methyl/N-ethyl adjacent to an activating group) is 1. The number of carbonyl (C=O) groups excluding carboxylic acids is 1. The Balaban J connectivity index is 2.06. The van der Waals surface area contributed by atoms with E-state index >= 15 is 0 Å². The molecule has 2 aliphatic heterocycles. The smallest absolute Gasteiger partial charge is 0.242 e. The van der Waals surface area contributed by atoms with Crippen LogP contribution in [0.4, 0.5) is 5.69 Å². The monoisotopic (exact) mass is 278 g/mol. The molecule has 0 spiro atoms. The topological polar surface area (TPSA) is 23.6 Å². The van der Waals surface area contributed by atoms with Crippen LogP contribution in [-0.2, 0) is 4.79 Å². The van der Waals surface area contributed by atoms with Gasteiger partial charge >= 0.3 is 0 Å². The maximum atomic E-state index is 12.2. The maximum Gasteiger partial charge on any atom is 0.242 e. The molecular formula is C15H19ClN2O. The van der Waals surface area contributed by atoms with Crippen LogP contribution in [0, 0.1) is 6.92 Å². The van der Waals surface area contributed by atoms with Crippen molar-refractivity contribution in [1.82, 2.24) is 4.90 Å². The Morgan fingerprint density at radius 3 is 3.00 bits per heavy atom. The Morgan fingerprint density at radius 1 is 1.47 bits per heavy atom. The van der Waals surface area contributed by atoms with E-state index in [0.717, 1.165) is 25.2 Å². The summed E-state index contributed by atoms with van der Waals surface area (Å²) in [6.45, 7) is 4.17. The van der Waals surface area contributed by atoms with Gasteiger partial charge in [0.05, 0.1) is 0 Å². The van der Waals surface area contributed by atoms with E-state index in [1.165, 1.54) is 11.1 Å². The molecule has 0 unspecified atom stereocenters. The van der Waals surface area contributed by atoms with E-state index in [-0.39, 0.29) is 11.8 Å². The molecule has 3 nitrogen and oxygen atoms in total. The number of rotatable bonds is 1. The number of likely N-dealkylation sites (tertiary alicyclic amines) is 1. The minimum Gasteiger partial charge on any atom is -0.307 e. The molecule has 2 aliphatic rings. The quantitative estimate of drug-likeness (QED) is 0.737. The zero-order valence-electron chi connectivity index (χ0n) is 11.4. The predicted molar refractivity (Wildman–Crippen MR) is 78.0 cm³/mol. The molecule has 0 saturated carbocycles. The highest BCUT2D eigenvalue weighted by Gasteiger charge is 2.43. The number of amides is 1. The fourth-order valence-corrected chi connectivity index (χ4v) is 3.60. The lowest BCUT2D eigenvalue weighted by Crippen LogP contribution is -2.47. The lowest BCUT2D eigenvalue weighted by Gasteiger charge is -2.36. The highest BCUT2D eigenvalue weighted by atomic mass is 35.5. The number of alkyl halides is 1. The van der Waals surface area contributed by atoms with Gasteiger partial charge in [0.15, 0.2) is 0 Å². The number of hydrogen-bond acceptors (Lipinski definition) is 2. The summed E-state index contributed by atoms with van der Waals surface area (Å²) in [5.41, 5.74) is 3.64. The highest BCUT2D eigenvalue weighted by Crippen LogP contribution is 2.44. The number of benzene rings is 1. The van der Waals surface area contributed by atoms with Crippen LogP contribution < -0.4 is 4.90 Å². The number of hydrogen-bond donors (Lipinski definition) is 0. The molecule has 1 saturated heterocycles. The molecule has 1 amide bonds. The molecule has 1 fully saturated rings. The molecule has 1 aromatic rings. The van der Waals surface area contributed by atoms with Crippen LogP contribution in [0.5, 0.6) is 0 Å². The van der Waals surface area contributed by atoms with E-state index < -0.39 is 0 Å². The van der Waals surface area contributed by atoms with Crippen molar-refractivity contribution in [2.45, 2.75) is 25.3 Å². The van der Waals surface area contributed by atoms with Gasteiger partial charge in [-0.1, -0.05) is 17.7 Å². The van der Waals surface area contributed by atoms with Gasteiger partial charge in [0.25, 0.3) is 0 Å². The standard InChI is InChI=1S/C15H19ClN2O/c1-10-3-4-13-11(7-10)12-9-17(2)6-5-14(12)18(13)15(19)8-16/h3-4,7,12,14H,5-6,8-9H2,1-2H3/t12-,14+/m1/s1. The van der Waals surface area contributed by atoms with Crippen molar-refractivity contribution in [3.8, 4) is 0 Å². The van der Waals surface area contributed by atoms with Gasteiger partial charge < -0.3 is 9.80 Å². The number of carbonyl (C=O) groups is 1. The Hall–Kier alpha value is -1.06. The molecular weight excluding hydrogens is 260 g/mol.